The maximum atomic E-state index is 6.95. The smallest absolute Gasteiger partial charge is 0.164 e. The van der Waals surface area contributed by atoms with Crippen molar-refractivity contribution < 1.29 is 4.42 Å². The summed E-state index contributed by atoms with van der Waals surface area (Å²) in [7, 11) is 0. The van der Waals surface area contributed by atoms with Crippen molar-refractivity contribution in [3.63, 3.8) is 0 Å². The SMILES string of the molecule is Clc1cc2oc3cccc(-c4nc(-c5ccccc5)nc(-c5ccc(-c6ccc(-c7ccccc7)cc6)cc5)n4)c3c2cc1-c1ccc(-c2ccccc2)cc1. The molecule has 8 aromatic carbocycles. The van der Waals surface area contributed by atoms with Crippen molar-refractivity contribution in [3.05, 3.63) is 199 Å². The van der Waals surface area contributed by atoms with Gasteiger partial charge in [0.15, 0.2) is 17.5 Å². The highest BCUT2D eigenvalue weighted by molar-refractivity contribution is 6.34. The van der Waals surface area contributed by atoms with Crippen molar-refractivity contribution >= 4 is 33.5 Å². The molecule has 0 saturated heterocycles. The maximum Gasteiger partial charge on any atom is 0.164 e. The molecule has 0 bridgehead atoms. The second kappa shape index (κ2) is 14.3. The fourth-order valence-electron chi connectivity index (χ4n) is 7.37. The average molecular weight is 738 g/mol. The van der Waals surface area contributed by atoms with E-state index in [4.69, 9.17) is 31.0 Å². The van der Waals surface area contributed by atoms with Crippen LogP contribution in [0.15, 0.2) is 199 Å². The summed E-state index contributed by atoms with van der Waals surface area (Å²) in [5.41, 5.74) is 13.0. The van der Waals surface area contributed by atoms with E-state index in [1.165, 1.54) is 16.7 Å². The van der Waals surface area contributed by atoms with Gasteiger partial charge in [-0.1, -0.05) is 188 Å². The summed E-state index contributed by atoms with van der Waals surface area (Å²) in [5, 5.41) is 2.48. The highest BCUT2D eigenvalue weighted by Gasteiger charge is 2.20. The fraction of sp³-hybridized carbons (Fsp3) is 0. The molecule has 56 heavy (non-hydrogen) atoms. The predicted octanol–water partition coefficient (Wildman–Crippen LogP) is 14.1. The molecule has 264 valence electrons. The van der Waals surface area contributed by atoms with Gasteiger partial charge in [0.1, 0.15) is 11.2 Å². The van der Waals surface area contributed by atoms with Crippen LogP contribution < -0.4 is 0 Å². The van der Waals surface area contributed by atoms with Crippen LogP contribution in [0, 0.1) is 0 Å². The van der Waals surface area contributed by atoms with Crippen molar-refractivity contribution in [1.82, 2.24) is 15.0 Å². The standard InChI is InChI=1S/C51H32ClN3O/c52-45-32-47-44(31-43(45)39-27-23-36(24-28-39)34-13-6-2-7-14-34)48-42(17-10-18-46(48)56-47)51-54-49(40-15-8-3-9-16-40)53-50(55-51)41-29-25-38(26-30-41)37-21-19-35(20-22-37)33-11-4-1-5-12-33/h1-32H. The topological polar surface area (TPSA) is 51.8 Å². The van der Waals surface area contributed by atoms with Gasteiger partial charge in [-0.3, -0.25) is 0 Å². The van der Waals surface area contributed by atoms with Crippen molar-refractivity contribution in [2.24, 2.45) is 0 Å². The molecule has 10 rings (SSSR count). The molecule has 2 heterocycles. The summed E-state index contributed by atoms with van der Waals surface area (Å²) >= 11 is 6.95. The quantitative estimate of drug-likeness (QED) is 0.163. The average Bonchev–Trinajstić information content (AvgIpc) is 3.64. The van der Waals surface area contributed by atoms with E-state index in [1.54, 1.807) is 0 Å². The molecule has 0 unspecified atom stereocenters. The number of halogens is 1. The number of furan rings is 1. The number of nitrogens with zero attached hydrogens (tertiary/aromatic N) is 3. The molecule has 5 heteroatoms. The van der Waals surface area contributed by atoms with Gasteiger partial charge >= 0.3 is 0 Å². The van der Waals surface area contributed by atoms with Crippen LogP contribution >= 0.6 is 11.6 Å². The Kier molecular flexibility index (Phi) is 8.51. The highest BCUT2D eigenvalue weighted by atomic mass is 35.5. The number of fused-ring (bicyclic) bond motifs is 3. The number of aromatic nitrogens is 3. The first-order chi connectivity index (χ1) is 27.6. The Morgan fingerprint density at radius 3 is 1.25 bits per heavy atom. The number of hydrogen-bond donors (Lipinski definition) is 0. The second-order valence-corrected chi connectivity index (χ2v) is 14.2. The first kappa shape index (κ1) is 33.4. The van der Waals surface area contributed by atoms with Gasteiger partial charge in [-0.2, -0.15) is 0 Å². The minimum atomic E-state index is 0.562. The van der Waals surface area contributed by atoms with Crippen LogP contribution in [0.4, 0.5) is 0 Å². The van der Waals surface area contributed by atoms with E-state index >= 15 is 0 Å². The van der Waals surface area contributed by atoms with Crippen LogP contribution in [0.2, 0.25) is 5.02 Å². The van der Waals surface area contributed by atoms with Crippen molar-refractivity contribution in [2.45, 2.75) is 0 Å². The largest absolute Gasteiger partial charge is 0.456 e. The molecule has 0 fully saturated rings. The zero-order valence-corrected chi connectivity index (χ0v) is 30.9. The highest BCUT2D eigenvalue weighted by Crippen LogP contribution is 2.41. The van der Waals surface area contributed by atoms with Crippen LogP contribution in [0.25, 0.3) is 101 Å². The number of benzene rings is 8. The first-order valence-corrected chi connectivity index (χ1v) is 18.9. The normalized spacial score (nSPS) is 11.3. The van der Waals surface area contributed by atoms with Crippen molar-refractivity contribution in [1.29, 1.82) is 0 Å². The lowest BCUT2D eigenvalue weighted by atomic mass is 9.98. The monoisotopic (exact) mass is 737 g/mol. The van der Waals surface area contributed by atoms with Gasteiger partial charge in [-0.15, -0.1) is 0 Å². The molecule has 10 aromatic rings. The summed E-state index contributed by atoms with van der Waals surface area (Å²) in [6.45, 7) is 0. The zero-order chi connectivity index (χ0) is 37.4. The van der Waals surface area contributed by atoms with E-state index in [-0.39, 0.29) is 0 Å². The van der Waals surface area contributed by atoms with Gasteiger partial charge < -0.3 is 4.42 Å². The minimum Gasteiger partial charge on any atom is -0.456 e. The zero-order valence-electron chi connectivity index (χ0n) is 30.1. The molecule has 0 aliphatic carbocycles. The lowest BCUT2D eigenvalue weighted by molar-refractivity contribution is 0.669. The van der Waals surface area contributed by atoms with E-state index in [0.29, 0.717) is 28.1 Å². The molecule has 4 nitrogen and oxygen atoms in total. The van der Waals surface area contributed by atoms with Crippen molar-refractivity contribution in [2.75, 3.05) is 0 Å². The van der Waals surface area contributed by atoms with Crippen LogP contribution in [0.1, 0.15) is 0 Å². The minimum absolute atomic E-state index is 0.562. The van der Waals surface area contributed by atoms with Gasteiger partial charge in [0.25, 0.3) is 0 Å². The van der Waals surface area contributed by atoms with Gasteiger partial charge in [-0.25, -0.2) is 15.0 Å². The Labute approximate surface area is 329 Å². The number of hydrogen-bond acceptors (Lipinski definition) is 4. The maximum absolute atomic E-state index is 6.95. The lowest BCUT2D eigenvalue weighted by Crippen LogP contribution is -2.00. The van der Waals surface area contributed by atoms with Crippen molar-refractivity contribution in [3.8, 4) is 78.7 Å². The van der Waals surface area contributed by atoms with E-state index in [1.807, 2.05) is 60.7 Å². The summed E-state index contributed by atoms with van der Waals surface area (Å²) in [6.07, 6.45) is 0. The molecule has 0 aliphatic heterocycles. The van der Waals surface area contributed by atoms with Gasteiger partial charge in [0.2, 0.25) is 0 Å². The van der Waals surface area contributed by atoms with E-state index in [9.17, 15) is 0 Å². The Hall–Kier alpha value is -7.14. The number of rotatable bonds is 7. The molecule has 0 aliphatic rings. The third-order valence-electron chi connectivity index (χ3n) is 10.3. The molecule has 0 spiro atoms. The Balaban J connectivity index is 1.06. The third-order valence-corrected chi connectivity index (χ3v) is 10.6. The van der Waals surface area contributed by atoms with Crippen LogP contribution in [-0.4, -0.2) is 15.0 Å². The van der Waals surface area contributed by atoms with Gasteiger partial charge in [0.05, 0.1) is 5.02 Å². The van der Waals surface area contributed by atoms with E-state index in [2.05, 4.69) is 133 Å². The Morgan fingerprint density at radius 1 is 0.321 bits per heavy atom. The first-order valence-electron chi connectivity index (χ1n) is 18.5. The van der Waals surface area contributed by atoms with Crippen LogP contribution in [0.3, 0.4) is 0 Å². The molecule has 0 saturated carbocycles. The summed E-state index contributed by atoms with van der Waals surface area (Å²) in [5.74, 6) is 1.75. The molecule has 0 atom stereocenters. The fourth-order valence-corrected chi connectivity index (χ4v) is 7.63. The molecular weight excluding hydrogens is 706 g/mol. The van der Waals surface area contributed by atoms with E-state index < -0.39 is 0 Å². The summed E-state index contributed by atoms with van der Waals surface area (Å²) in [4.78, 5) is 15.2. The van der Waals surface area contributed by atoms with Gasteiger partial charge in [-0.05, 0) is 51.1 Å². The molecule has 0 N–H and O–H groups in total. The lowest BCUT2D eigenvalue weighted by Gasteiger charge is -2.10. The van der Waals surface area contributed by atoms with Gasteiger partial charge in [0, 0.05) is 39.1 Å². The Bertz CT molecular complexity index is 2980. The summed E-state index contributed by atoms with van der Waals surface area (Å²) in [6, 6.07) is 66.5. The van der Waals surface area contributed by atoms with E-state index in [0.717, 1.165) is 60.9 Å². The molecule has 0 radical (unpaired) electrons. The van der Waals surface area contributed by atoms with Crippen LogP contribution in [0.5, 0.6) is 0 Å². The second-order valence-electron chi connectivity index (χ2n) is 13.7. The Morgan fingerprint density at radius 2 is 0.732 bits per heavy atom. The molecular formula is C51H32ClN3O. The summed E-state index contributed by atoms with van der Waals surface area (Å²) < 4.78 is 6.43. The van der Waals surface area contributed by atoms with Crippen LogP contribution in [-0.2, 0) is 0 Å². The molecule has 0 amide bonds. The predicted molar refractivity (Wildman–Crippen MR) is 230 cm³/mol. The molecule has 2 aromatic heterocycles. The third kappa shape index (κ3) is 6.32.